The first-order chi connectivity index (χ1) is 12.8. The summed E-state index contributed by atoms with van der Waals surface area (Å²) in [7, 11) is -1.26. The van der Waals surface area contributed by atoms with Gasteiger partial charge in [-0.25, -0.2) is 18.4 Å². The van der Waals surface area contributed by atoms with Crippen molar-refractivity contribution in [3.05, 3.63) is 47.5 Å². The number of carbonyl (C=O) groups is 1. The van der Waals surface area contributed by atoms with Gasteiger partial charge in [0.1, 0.15) is 5.69 Å². The third kappa shape index (κ3) is 5.22. The summed E-state index contributed by atoms with van der Waals surface area (Å²) in [4.78, 5) is 26.9. The van der Waals surface area contributed by atoms with Gasteiger partial charge in [0.25, 0.3) is 5.91 Å². The molecule has 1 unspecified atom stereocenters. The topological polar surface area (TPSA) is 105 Å². The first-order valence-electron chi connectivity index (χ1n) is 8.79. The lowest BCUT2D eigenvalue weighted by Gasteiger charge is -2.18. The summed E-state index contributed by atoms with van der Waals surface area (Å²) in [5.74, 6) is 0.332. The maximum atomic E-state index is 12.7. The van der Waals surface area contributed by atoms with Crippen LogP contribution in [-0.4, -0.2) is 65.3 Å². The van der Waals surface area contributed by atoms with Crippen molar-refractivity contribution in [3.8, 4) is 0 Å². The highest BCUT2D eigenvalue weighted by Gasteiger charge is 2.28. The number of hydrogen-bond donors (Lipinski definition) is 1. The van der Waals surface area contributed by atoms with Gasteiger partial charge in [-0.05, 0) is 43.5 Å². The zero-order valence-electron chi connectivity index (χ0n) is 15.4. The van der Waals surface area contributed by atoms with Gasteiger partial charge >= 0.3 is 0 Å². The summed E-state index contributed by atoms with van der Waals surface area (Å²) in [6.45, 7) is 2.33. The summed E-state index contributed by atoms with van der Waals surface area (Å²) < 4.78 is 23.2. The molecule has 1 fully saturated rings. The second-order valence-corrected chi connectivity index (χ2v) is 9.02. The Hall–Kier alpha value is -2.55. The Morgan fingerprint density at radius 2 is 2.04 bits per heavy atom. The van der Waals surface area contributed by atoms with Gasteiger partial charge in [0.15, 0.2) is 9.84 Å². The number of nitrogens with zero attached hydrogens (tertiary/aromatic N) is 4. The molecule has 2 aromatic heterocycles. The molecule has 1 aliphatic heterocycles. The van der Waals surface area contributed by atoms with Gasteiger partial charge in [0.05, 0.1) is 11.5 Å². The van der Waals surface area contributed by atoms with Crippen molar-refractivity contribution in [1.82, 2.24) is 19.9 Å². The fourth-order valence-corrected chi connectivity index (χ4v) is 4.65. The number of aromatic nitrogens is 3. The molecule has 1 N–H and O–H groups in total. The van der Waals surface area contributed by atoms with Crippen LogP contribution >= 0.6 is 0 Å². The zero-order valence-corrected chi connectivity index (χ0v) is 16.2. The van der Waals surface area contributed by atoms with Crippen molar-refractivity contribution in [3.63, 3.8) is 0 Å². The summed E-state index contributed by atoms with van der Waals surface area (Å²) in [5.41, 5.74) is 2.05. The van der Waals surface area contributed by atoms with Crippen molar-refractivity contribution in [2.45, 2.75) is 25.8 Å². The Balaban J connectivity index is 1.66. The Morgan fingerprint density at radius 3 is 2.70 bits per heavy atom. The number of anilines is 1. The molecule has 9 heteroatoms. The minimum absolute atomic E-state index is 0.0689. The van der Waals surface area contributed by atoms with E-state index in [1.807, 2.05) is 12.1 Å². The SMILES string of the molecule is Cc1cc(C(=O)N(C)CCc2ccncc2)nc(NC2CCS(=O)(=O)C2)n1. The minimum atomic E-state index is -3.00. The Labute approximate surface area is 159 Å². The average molecular weight is 389 g/mol. The molecule has 1 atom stereocenters. The molecule has 0 saturated carbocycles. The van der Waals surface area contributed by atoms with Crippen LogP contribution in [0, 0.1) is 6.92 Å². The third-order valence-corrected chi connectivity index (χ3v) is 6.24. The number of aryl methyl sites for hydroxylation is 1. The number of likely N-dealkylation sites (N-methyl/N-ethyl adjacent to an activating group) is 1. The predicted octanol–water partition coefficient (Wildman–Crippen LogP) is 1.09. The van der Waals surface area contributed by atoms with Gasteiger partial charge in [-0.15, -0.1) is 0 Å². The lowest BCUT2D eigenvalue weighted by atomic mass is 10.2. The maximum absolute atomic E-state index is 12.7. The summed E-state index contributed by atoms with van der Waals surface area (Å²) >= 11 is 0. The van der Waals surface area contributed by atoms with Gasteiger partial charge in [-0.2, -0.15) is 0 Å². The third-order valence-electron chi connectivity index (χ3n) is 4.47. The van der Waals surface area contributed by atoms with E-state index in [1.54, 1.807) is 37.3 Å². The van der Waals surface area contributed by atoms with Crippen molar-refractivity contribution >= 4 is 21.7 Å². The Morgan fingerprint density at radius 1 is 1.30 bits per heavy atom. The highest BCUT2D eigenvalue weighted by molar-refractivity contribution is 7.91. The minimum Gasteiger partial charge on any atom is -0.350 e. The van der Waals surface area contributed by atoms with E-state index in [1.165, 1.54) is 0 Å². The van der Waals surface area contributed by atoms with E-state index in [0.29, 0.717) is 30.3 Å². The van der Waals surface area contributed by atoms with E-state index in [2.05, 4.69) is 20.3 Å². The molecule has 3 heterocycles. The van der Waals surface area contributed by atoms with Gasteiger partial charge in [-0.1, -0.05) is 0 Å². The molecule has 3 rings (SSSR count). The summed E-state index contributed by atoms with van der Waals surface area (Å²) in [6, 6.07) is 5.27. The quantitative estimate of drug-likeness (QED) is 0.788. The highest BCUT2D eigenvalue weighted by Crippen LogP contribution is 2.16. The normalized spacial score (nSPS) is 18.2. The largest absolute Gasteiger partial charge is 0.350 e. The number of carbonyl (C=O) groups excluding carboxylic acids is 1. The fourth-order valence-electron chi connectivity index (χ4n) is 2.98. The standard InChI is InChI=1S/C18H23N5O3S/c1-13-11-16(17(24)23(2)9-5-14-3-7-19-8-4-14)22-18(20-13)21-15-6-10-27(25,26)12-15/h3-4,7-8,11,15H,5-6,9-10,12H2,1-2H3,(H,20,21,22). The maximum Gasteiger partial charge on any atom is 0.272 e. The average Bonchev–Trinajstić information content (AvgIpc) is 2.97. The Kier molecular flexibility index (Phi) is 5.69. The van der Waals surface area contributed by atoms with Crippen LogP contribution in [0.2, 0.25) is 0 Å². The van der Waals surface area contributed by atoms with E-state index in [-0.39, 0.29) is 23.5 Å². The zero-order chi connectivity index (χ0) is 19.4. The molecule has 0 spiro atoms. The van der Waals surface area contributed by atoms with Crippen LogP contribution in [0.4, 0.5) is 5.95 Å². The van der Waals surface area contributed by atoms with Crippen LogP contribution in [0.15, 0.2) is 30.6 Å². The van der Waals surface area contributed by atoms with Gasteiger partial charge in [0.2, 0.25) is 5.95 Å². The first-order valence-corrected chi connectivity index (χ1v) is 10.6. The molecule has 8 nitrogen and oxygen atoms in total. The molecular formula is C18H23N5O3S. The van der Waals surface area contributed by atoms with Crippen LogP contribution in [0.5, 0.6) is 0 Å². The number of sulfone groups is 1. The second-order valence-electron chi connectivity index (χ2n) is 6.79. The van der Waals surface area contributed by atoms with E-state index >= 15 is 0 Å². The van der Waals surface area contributed by atoms with Crippen LogP contribution < -0.4 is 5.32 Å². The number of pyridine rings is 1. The van der Waals surface area contributed by atoms with Crippen LogP contribution in [0.25, 0.3) is 0 Å². The molecule has 0 aromatic carbocycles. The lowest BCUT2D eigenvalue weighted by molar-refractivity contribution is 0.0790. The van der Waals surface area contributed by atoms with E-state index in [0.717, 1.165) is 12.0 Å². The van der Waals surface area contributed by atoms with E-state index in [9.17, 15) is 13.2 Å². The highest BCUT2D eigenvalue weighted by atomic mass is 32.2. The number of amides is 1. The molecule has 0 radical (unpaired) electrons. The van der Waals surface area contributed by atoms with E-state index in [4.69, 9.17) is 0 Å². The monoisotopic (exact) mass is 389 g/mol. The number of nitrogens with one attached hydrogen (secondary N) is 1. The van der Waals surface area contributed by atoms with Crippen molar-refractivity contribution < 1.29 is 13.2 Å². The van der Waals surface area contributed by atoms with Gasteiger partial charge < -0.3 is 10.2 Å². The van der Waals surface area contributed by atoms with Gasteiger partial charge in [0, 0.05) is 37.7 Å². The fraction of sp³-hybridized carbons (Fsp3) is 0.444. The molecule has 144 valence electrons. The second kappa shape index (κ2) is 7.99. The summed E-state index contributed by atoms with van der Waals surface area (Å²) in [6.07, 6.45) is 4.70. The molecule has 1 amide bonds. The molecule has 27 heavy (non-hydrogen) atoms. The summed E-state index contributed by atoms with van der Waals surface area (Å²) in [5, 5.41) is 3.05. The predicted molar refractivity (Wildman–Crippen MR) is 102 cm³/mol. The van der Waals surface area contributed by atoms with Crippen LogP contribution in [-0.2, 0) is 16.3 Å². The lowest BCUT2D eigenvalue weighted by Crippen LogP contribution is -2.30. The van der Waals surface area contributed by atoms with Gasteiger partial charge in [-0.3, -0.25) is 9.78 Å². The van der Waals surface area contributed by atoms with E-state index < -0.39 is 9.84 Å². The van der Waals surface area contributed by atoms with Crippen molar-refractivity contribution in [2.24, 2.45) is 0 Å². The van der Waals surface area contributed by atoms with Crippen molar-refractivity contribution in [2.75, 3.05) is 30.4 Å². The van der Waals surface area contributed by atoms with Crippen LogP contribution in [0.1, 0.15) is 28.2 Å². The smallest absolute Gasteiger partial charge is 0.272 e. The molecule has 1 aliphatic rings. The molecule has 0 bridgehead atoms. The number of rotatable bonds is 6. The van der Waals surface area contributed by atoms with Crippen molar-refractivity contribution in [1.29, 1.82) is 0 Å². The molecule has 1 saturated heterocycles. The Bertz CT molecular complexity index is 918. The number of hydrogen-bond acceptors (Lipinski definition) is 7. The molecular weight excluding hydrogens is 366 g/mol. The molecule has 0 aliphatic carbocycles. The first kappa shape index (κ1) is 19.2. The van der Waals surface area contributed by atoms with Crippen LogP contribution in [0.3, 0.4) is 0 Å². The molecule has 2 aromatic rings.